The molecule has 0 fully saturated rings. The van der Waals surface area contributed by atoms with Crippen LogP contribution in [0.1, 0.15) is 27.4 Å². The predicted molar refractivity (Wildman–Crippen MR) is 78.4 cm³/mol. The van der Waals surface area contributed by atoms with Gasteiger partial charge in [0, 0.05) is 12.6 Å². The van der Waals surface area contributed by atoms with Crippen molar-refractivity contribution in [3.63, 3.8) is 0 Å². The van der Waals surface area contributed by atoms with E-state index in [2.05, 4.69) is 0 Å². The summed E-state index contributed by atoms with van der Waals surface area (Å²) in [5, 5.41) is 0. The number of hydrogen-bond acceptors (Lipinski definition) is 3. The standard InChI is InChI=1S/C16H20N2O2/c1-12-3-8-15(20-12)11-18(2)16(19)14-6-4-13(5-7-14)9-10-17/h3-8H,9-11,17H2,1-2H3. The van der Waals surface area contributed by atoms with E-state index in [0.29, 0.717) is 18.7 Å². The van der Waals surface area contributed by atoms with Gasteiger partial charge < -0.3 is 15.1 Å². The summed E-state index contributed by atoms with van der Waals surface area (Å²) in [6.07, 6.45) is 0.829. The smallest absolute Gasteiger partial charge is 0.254 e. The van der Waals surface area contributed by atoms with Gasteiger partial charge in [-0.1, -0.05) is 12.1 Å². The van der Waals surface area contributed by atoms with E-state index in [9.17, 15) is 4.79 Å². The summed E-state index contributed by atoms with van der Waals surface area (Å²) >= 11 is 0. The zero-order valence-electron chi connectivity index (χ0n) is 11.9. The van der Waals surface area contributed by atoms with Crippen LogP contribution in [-0.4, -0.2) is 24.4 Å². The molecule has 1 heterocycles. The number of nitrogens with zero attached hydrogens (tertiary/aromatic N) is 1. The Morgan fingerprint density at radius 1 is 1.20 bits per heavy atom. The molecule has 0 aliphatic carbocycles. The maximum atomic E-state index is 12.3. The van der Waals surface area contributed by atoms with Gasteiger partial charge in [0.2, 0.25) is 0 Å². The van der Waals surface area contributed by atoms with Gasteiger partial charge in [-0.05, 0) is 49.7 Å². The highest BCUT2D eigenvalue weighted by molar-refractivity contribution is 5.94. The van der Waals surface area contributed by atoms with Crippen LogP contribution in [0.4, 0.5) is 0 Å². The van der Waals surface area contributed by atoms with E-state index in [4.69, 9.17) is 10.2 Å². The molecule has 20 heavy (non-hydrogen) atoms. The van der Waals surface area contributed by atoms with E-state index in [1.807, 2.05) is 43.3 Å². The summed E-state index contributed by atoms with van der Waals surface area (Å²) in [5.41, 5.74) is 7.33. The summed E-state index contributed by atoms with van der Waals surface area (Å²) in [6, 6.07) is 11.4. The van der Waals surface area contributed by atoms with Crippen molar-refractivity contribution in [1.29, 1.82) is 0 Å². The number of nitrogens with two attached hydrogens (primary N) is 1. The topological polar surface area (TPSA) is 59.5 Å². The molecule has 2 N–H and O–H groups in total. The van der Waals surface area contributed by atoms with Gasteiger partial charge in [-0.25, -0.2) is 0 Å². The Morgan fingerprint density at radius 3 is 2.45 bits per heavy atom. The largest absolute Gasteiger partial charge is 0.464 e. The van der Waals surface area contributed by atoms with Crippen LogP contribution >= 0.6 is 0 Å². The molecule has 0 unspecified atom stereocenters. The van der Waals surface area contributed by atoms with Crippen molar-refractivity contribution in [1.82, 2.24) is 4.90 Å². The monoisotopic (exact) mass is 272 g/mol. The van der Waals surface area contributed by atoms with Crippen molar-refractivity contribution >= 4 is 5.91 Å². The van der Waals surface area contributed by atoms with Gasteiger partial charge in [0.15, 0.2) is 0 Å². The Kier molecular flexibility index (Phi) is 4.58. The van der Waals surface area contributed by atoms with Crippen LogP contribution in [0.5, 0.6) is 0 Å². The van der Waals surface area contributed by atoms with Crippen LogP contribution in [0.15, 0.2) is 40.8 Å². The van der Waals surface area contributed by atoms with Gasteiger partial charge in [-0.3, -0.25) is 4.79 Å². The number of furan rings is 1. The minimum atomic E-state index is -0.0154. The SMILES string of the molecule is Cc1ccc(CN(C)C(=O)c2ccc(CCN)cc2)o1. The lowest BCUT2D eigenvalue weighted by Crippen LogP contribution is -2.26. The Labute approximate surface area is 119 Å². The summed E-state index contributed by atoms with van der Waals surface area (Å²) in [5.74, 6) is 1.63. The van der Waals surface area contributed by atoms with Crippen molar-refractivity contribution in [2.24, 2.45) is 5.73 Å². The Hall–Kier alpha value is -2.07. The lowest BCUT2D eigenvalue weighted by molar-refractivity contribution is 0.0775. The second kappa shape index (κ2) is 6.39. The fraction of sp³-hybridized carbons (Fsp3) is 0.312. The van der Waals surface area contributed by atoms with E-state index < -0.39 is 0 Å². The van der Waals surface area contributed by atoms with Crippen molar-refractivity contribution < 1.29 is 9.21 Å². The molecule has 1 amide bonds. The number of benzene rings is 1. The van der Waals surface area contributed by atoms with Crippen LogP contribution in [0.2, 0.25) is 0 Å². The fourth-order valence-corrected chi connectivity index (χ4v) is 2.08. The molecule has 0 atom stereocenters. The average Bonchev–Trinajstić information content (AvgIpc) is 2.84. The minimum absolute atomic E-state index is 0.0154. The maximum absolute atomic E-state index is 12.3. The first-order valence-electron chi connectivity index (χ1n) is 6.70. The molecule has 0 saturated heterocycles. The summed E-state index contributed by atoms with van der Waals surface area (Å²) in [6.45, 7) is 2.98. The van der Waals surface area contributed by atoms with Crippen LogP contribution in [0, 0.1) is 6.92 Å². The second-order valence-corrected chi connectivity index (χ2v) is 4.91. The third-order valence-electron chi connectivity index (χ3n) is 3.17. The average molecular weight is 272 g/mol. The summed E-state index contributed by atoms with van der Waals surface area (Å²) < 4.78 is 5.48. The number of aryl methyl sites for hydroxylation is 1. The first-order valence-corrected chi connectivity index (χ1v) is 6.70. The molecule has 0 bridgehead atoms. The highest BCUT2D eigenvalue weighted by Crippen LogP contribution is 2.12. The van der Waals surface area contributed by atoms with E-state index in [0.717, 1.165) is 23.5 Å². The van der Waals surface area contributed by atoms with Crippen molar-refractivity contribution in [3.8, 4) is 0 Å². The molecule has 1 aromatic heterocycles. The molecule has 0 saturated carbocycles. The lowest BCUT2D eigenvalue weighted by Gasteiger charge is -2.16. The maximum Gasteiger partial charge on any atom is 0.254 e. The molecule has 0 spiro atoms. The van der Waals surface area contributed by atoms with Crippen LogP contribution in [0.3, 0.4) is 0 Å². The Bertz CT molecular complexity index is 572. The van der Waals surface area contributed by atoms with Crippen molar-refractivity contribution in [2.45, 2.75) is 19.9 Å². The number of carbonyl (C=O) groups is 1. The van der Waals surface area contributed by atoms with E-state index in [1.165, 1.54) is 0 Å². The molecule has 1 aromatic carbocycles. The lowest BCUT2D eigenvalue weighted by atomic mass is 10.1. The zero-order valence-corrected chi connectivity index (χ0v) is 11.9. The summed E-state index contributed by atoms with van der Waals surface area (Å²) in [7, 11) is 1.77. The highest BCUT2D eigenvalue weighted by Gasteiger charge is 2.13. The third kappa shape index (κ3) is 3.48. The molecule has 2 rings (SSSR count). The Morgan fingerprint density at radius 2 is 1.90 bits per heavy atom. The van der Waals surface area contributed by atoms with Gasteiger partial charge >= 0.3 is 0 Å². The molecule has 0 radical (unpaired) electrons. The molecule has 106 valence electrons. The minimum Gasteiger partial charge on any atom is -0.464 e. The molecule has 4 heteroatoms. The van der Waals surface area contributed by atoms with Crippen molar-refractivity contribution in [2.75, 3.05) is 13.6 Å². The molecule has 0 aliphatic rings. The quantitative estimate of drug-likeness (QED) is 0.909. The summed E-state index contributed by atoms with van der Waals surface area (Å²) in [4.78, 5) is 13.9. The highest BCUT2D eigenvalue weighted by atomic mass is 16.3. The molecular formula is C16H20N2O2. The first kappa shape index (κ1) is 14.3. The third-order valence-corrected chi connectivity index (χ3v) is 3.17. The van der Waals surface area contributed by atoms with Gasteiger partial charge in [0.05, 0.1) is 6.54 Å². The van der Waals surface area contributed by atoms with Crippen LogP contribution < -0.4 is 5.73 Å². The van der Waals surface area contributed by atoms with Crippen molar-refractivity contribution in [3.05, 3.63) is 59.0 Å². The predicted octanol–water partition coefficient (Wildman–Crippen LogP) is 2.36. The van der Waals surface area contributed by atoms with Gasteiger partial charge in [0.1, 0.15) is 11.5 Å². The van der Waals surface area contributed by atoms with E-state index in [-0.39, 0.29) is 5.91 Å². The molecule has 2 aromatic rings. The normalized spacial score (nSPS) is 10.6. The number of carbonyl (C=O) groups excluding carboxylic acids is 1. The van der Waals surface area contributed by atoms with Gasteiger partial charge in [0.25, 0.3) is 5.91 Å². The number of amides is 1. The molecule has 4 nitrogen and oxygen atoms in total. The zero-order chi connectivity index (χ0) is 14.5. The first-order chi connectivity index (χ1) is 9.60. The second-order valence-electron chi connectivity index (χ2n) is 4.91. The van der Waals surface area contributed by atoms with Crippen LogP contribution in [-0.2, 0) is 13.0 Å². The molecular weight excluding hydrogens is 252 g/mol. The fourth-order valence-electron chi connectivity index (χ4n) is 2.08. The Balaban J connectivity index is 2.02. The van der Waals surface area contributed by atoms with E-state index >= 15 is 0 Å². The van der Waals surface area contributed by atoms with E-state index in [1.54, 1.807) is 11.9 Å². The van der Waals surface area contributed by atoms with Gasteiger partial charge in [-0.15, -0.1) is 0 Å². The number of hydrogen-bond donors (Lipinski definition) is 1. The van der Waals surface area contributed by atoms with Crippen LogP contribution in [0.25, 0.3) is 0 Å². The number of rotatable bonds is 5. The van der Waals surface area contributed by atoms with Gasteiger partial charge in [-0.2, -0.15) is 0 Å². The molecule has 0 aliphatic heterocycles.